The molecule has 1 nitrogen and oxygen atoms in total. The Kier molecular flexibility index (Phi) is 3.76. The Hall–Kier alpha value is -2.12. The van der Waals surface area contributed by atoms with Crippen LogP contribution in [0.15, 0.2) is 65.8 Å². The number of rotatable bonds is 4. The van der Waals surface area contributed by atoms with Crippen molar-refractivity contribution < 1.29 is 0 Å². The third-order valence-corrected chi connectivity index (χ3v) is 4.28. The van der Waals surface area contributed by atoms with Crippen LogP contribution in [0.25, 0.3) is 16.7 Å². The lowest BCUT2D eigenvalue weighted by Crippen LogP contribution is -2.07. The molecule has 0 radical (unpaired) electrons. The molecule has 2 N–H and O–H groups in total. The smallest absolute Gasteiger partial charge is 0.00365 e. The highest BCUT2D eigenvalue weighted by atomic mass is 14.5. The molecule has 3 rings (SSSR count). The predicted octanol–water partition coefficient (Wildman–Crippen LogP) is 4.59. The van der Waals surface area contributed by atoms with Crippen molar-refractivity contribution in [3.63, 3.8) is 0 Å². The van der Waals surface area contributed by atoms with Crippen LogP contribution in [0.3, 0.4) is 0 Å². The molecule has 2 aromatic rings. The van der Waals surface area contributed by atoms with Crippen molar-refractivity contribution in [1.82, 2.24) is 0 Å². The zero-order valence-electron chi connectivity index (χ0n) is 12.7. The van der Waals surface area contributed by atoms with E-state index in [1.165, 1.54) is 39.0 Å². The number of allylic oxidation sites excluding steroid dienone is 4. The average molecular weight is 275 g/mol. The minimum atomic E-state index is 0.687. The van der Waals surface area contributed by atoms with Crippen molar-refractivity contribution in [2.75, 3.05) is 6.54 Å². The second kappa shape index (κ2) is 5.71. The van der Waals surface area contributed by atoms with Gasteiger partial charge in [-0.1, -0.05) is 48.5 Å². The highest BCUT2D eigenvalue weighted by molar-refractivity contribution is 5.89. The number of nitrogens with two attached hydrogens (primary N) is 1. The standard InChI is InChI=1S/C20H21N/c1-14-12-19(15(14)2)20-13-18(9-8-17(20)10-11-21)16-6-4-3-5-7-16/h3-9,12-13H,10-11,21H2,1-2H3. The molecular weight excluding hydrogens is 254 g/mol. The summed E-state index contributed by atoms with van der Waals surface area (Å²) in [5.74, 6) is 0. The summed E-state index contributed by atoms with van der Waals surface area (Å²) < 4.78 is 0. The Labute approximate surface area is 126 Å². The molecule has 0 spiro atoms. The maximum absolute atomic E-state index is 5.77. The molecule has 0 saturated carbocycles. The molecule has 0 atom stereocenters. The van der Waals surface area contributed by atoms with Crippen LogP contribution in [-0.4, -0.2) is 6.54 Å². The summed E-state index contributed by atoms with van der Waals surface area (Å²) in [6, 6.07) is 17.3. The summed E-state index contributed by atoms with van der Waals surface area (Å²) >= 11 is 0. The van der Waals surface area contributed by atoms with Crippen molar-refractivity contribution in [2.45, 2.75) is 20.3 Å². The first-order chi connectivity index (χ1) is 10.2. The van der Waals surface area contributed by atoms with Gasteiger partial charge in [-0.2, -0.15) is 0 Å². The molecule has 1 heteroatoms. The summed E-state index contributed by atoms with van der Waals surface area (Å²) in [7, 11) is 0. The fourth-order valence-electron chi connectivity index (χ4n) is 2.86. The Morgan fingerprint density at radius 2 is 1.67 bits per heavy atom. The molecule has 0 fully saturated rings. The normalized spacial score (nSPS) is 14.0. The van der Waals surface area contributed by atoms with Gasteiger partial charge in [0.05, 0.1) is 0 Å². The Morgan fingerprint density at radius 1 is 0.905 bits per heavy atom. The minimum Gasteiger partial charge on any atom is -0.330 e. The lowest BCUT2D eigenvalue weighted by molar-refractivity contribution is 0.964. The molecule has 106 valence electrons. The Bertz CT molecular complexity index is 721. The summed E-state index contributed by atoms with van der Waals surface area (Å²) in [5, 5.41) is 0. The van der Waals surface area contributed by atoms with Crippen LogP contribution in [-0.2, 0) is 6.42 Å². The van der Waals surface area contributed by atoms with Gasteiger partial charge in [0.2, 0.25) is 0 Å². The number of hydrogen-bond acceptors (Lipinski definition) is 1. The number of benzene rings is 2. The zero-order chi connectivity index (χ0) is 14.8. The van der Waals surface area contributed by atoms with Crippen molar-refractivity contribution in [1.29, 1.82) is 0 Å². The quantitative estimate of drug-likeness (QED) is 0.867. The van der Waals surface area contributed by atoms with Crippen LogP contribution in [0.5, 0.6) is 0 Å². The van der Waals surface area contributed by atoms with Crippen LogP contribution in [0, 0.1) is 0 Å². The predicted molar refractivity (Wildman–Crippen MR) is 91.0 cm³/mol. The van der Waals surface area contributed by atoms with Crippen molar-refractivity contribution in [2.24, 2.45) is 5.73 Å². The lowest BCUT2D eigenvalue weighted by atomic mass is 9.82. The van der Waals surface area contributed by atoms with Crippen LogP contribution in [0.1, 0.15) is 25.0 Å². The largest absolute Gasteiger partial charge is 0.330 e. The highest BCUT2D eigenvalue weighted by Gasteiger charge is 2.17. The van der Waals surface area contributed by atoms with Gasteiger partial charge in [-0.15, -0.1) is 0 Å². The van der Waals surface area contributed by atoms with E-state index in [1.807, 2.05) is 0 Å². The van der Waals surface area contributed by atoms with E-state index in [9.17, 15) is 0 Å². The van der Waals surface area contributed by atoms with Gasteiger partial charge in [0.1, 0.15) is 0 Å². The van der Waals surface area contributed by atoms with Crippen molar-refractivity contribution >= 4 is 5.57 Å². The van der Waals surface area contributed by atoms with Crippen molar-refractivity contribution in [3.05, 3.63) is 76.9 Å². The first-order valence-corrected chi connectivity index (χ1v) is 7.49. The maximum Gasteiger partial charge on any atom is -0.00365 e. The van der Waals surface area contributed by atoms with E-state index in [-0.39, 0.29) is 0 Å². The van der Waals surface area contributed by atoms with Gasteiger partial charge >= 0.3 is 0 Å². The van der Waals surface area contributed by atoms with Gasteiger partial charge in [-0.05, 0) is 71.9 Å². The van der Waals surface area contributed by atoms with E-state index in [0.717, 1.165) is 6.42 Å². The summed E-state index contributed by atoms with van der Waals surface area (Å²) in [5.41, 5.74) is 15.1. The molecule has 0 aliphatic heterocycles. The molecule has 0 unspecified atom stereocenters. The fourth-order valence-corrected chi connectivity index (χ4v) is 2.86. The molecule has 0 heterocycles. The third kappa shape index (κ3) is 2.57. The molecule has 0 bridgehead atoms. The van der Waals surface area contributed by atoms with E-state index < -0.39 is 0 Å². The van der Waals surface area contributed by atoms with Gasteiger partial charge in [-0.3, -0.25) is 0 Å². The summed E-state index contributed by atoms with van der Waals surface area (Å²) in [6.45, 7) is 5.06. The Morgan fingerprint density at radius 3 is 2.29 bits per heavy atom. The third-order valence-electron chi connectivity index (χ3n) is 4.28. The van der Waals surface area contributed by atoms with Crippen LogP contribution in [0.2, 0.25) is 0 Å². The van der Waals surface area contributed by atoms with E-state index in [1.54, 1.807) is 0 Å². The van der Waals surface area contributed by atoms with Gasteiger partial charge in [-0.25, -0.2) is 0 Å². The molecule has 2 aromatic carbocycles. The zero-order valence-corrected chi connectivity index (χ0v) is 12.7. The summed E-state index contributed by atoms with van der Waals surface area (Å²) in [4.78, 5) is 0. The summed E-state index contributed by atoms with van der Waals surface area (Å²) in [6.07, 6.45) is 3.20. The van der Waals surface area contributed by atoms with Crippen LogP contribution in [0.4, 0.5) is 0 Å². The van der Waals surface area contributed by atoms with Gasteiger partial charge < -0.3 is 5.73 Å². The fraction of sp³-hybridized carbons (Fsp3) is 0.200. The second-order valence-electron chi connectivity index (χ2n) is 5.64. The van der Waals surface area contributed by atoms with E-state index >= 15 is 0 Å². The number of hydrogen-bond donors (Lipinski definition) is 1. The van der Waals surface area contributed by atoms with E-state index in [2.05, 4.69) is 68.5 Å². The van der Waals surface area contributed by atoms with Crippen molar-refractivity contribution in [3.8, 4) is 11.1 Å². The maximum atomic E-state index is 5.77. The van der Waals surface area contributed by atoms with Gasteiger partial charge in [0.15, 0.2) is 0 Å². The highest BCUT2D eigenvalue weighted by Crippen LogP contribution is 2.37. The first kappa shape index (κ1) is 13.8. The molecule has 0 saturated heterocycles. The molecule has 21 heavy (non-hydrogen) atoms. The van der Waals surface area contributed by atoms with Crippen LogP contribution >= 0.6 is 0 Å². The Balaban J connectivity index is 2.08. The van der Waals surface area contributed by atoms with Crippen LogP contribution < -0.4 is 5.73 Å². The first-order valence-electron chi connectivity index (χ1n) is 7.49. The molecule has 1 aliphatic carbocycles. The lowest BCUT2D eigenvalue weighted by Gasteiger charge is -2.22. The monoisotopic (exact) mass is 275 g/mol. The average Bonchev–Trinajstić information content (AvgIpc) is 2.54. The minimum absolute atomic E-state index is 0.687. The van der Waals surface area contributed by atoms with Gasteiger partial charge in [0.25, 0.3) is 0 Å². The molecule has 0 aromatic heterocycles. The second-order valence-corrected chi connectivity index (χ2v) is 5.64. The molecule has 0 amide bonds. The van der Waals surface area contributed by atoms with Gasteiger partial charge in [0, 0.05) is 0 Å². The van der Waals surface area contributed by atoms with E-state index in [4.69, 9.17) is 5.73 Å². The topological polar surface area (TPSA) is 26.0 Å². The molecular formula is C20H21N. The van der Waals surface area contributed by atoms with E-state index in [0.29, 0.717) is 6.54 Å². The SMILES string of the molecule is CC1=CC(c2cc(-c3ccccc3)ccc2CCN)=C1C. The molecule has 1 aliphatic rings.